The fourth-order valence-corrected chi connectivity index (χ4v) is 3.35. The van der Waals surface area contributed by atoms with Crippen LogP contribution >= 0.6 is 11.8 Å². The number of nitrogens with one attached hydrogen (secondary N) is 1. The maximum absolute atomic E-state index is 12.4. The highest BCUT2D eigenvalue weighted by molar-refractivity contribution is 7.99. The highest BCUT2D eigenvalue weighted by Crippen LogP contribution is 2.27. The van der Waals surface area contributed by atoms with Crippen LogP contribution in [0.4, 0.5) is 5.69 Å². The molecular formula is C20H22N4O4S. The number of rotatable bonds is 8. The molecule has 0 radical (unpaired) electrons. The summed E-state index contributed by atoms with van der Waals surface area (Å²) in [4.78, 5) is 12.4. The van der Waals surface area contributed by atoms with Gasteiger partial charge in [-0.2, -0.15) is 0 Å². The molecule has 3 aromatic rings. The molecule has 1 heterocycles. The molecule has 0 aliphatic carbocycles. The molecule has 3 rings (SSSR count). The Balaban J connectivity index is 1.64. The van der Waals surface area contributed by atoms with Gasteiger partial charge in [-0.05, 0) is 24.3 Å². The van der Waals surface area contributed by atoms with Gasteiger partial charge in [0.2, 0.25) is 5.91 Å². The Morgan fingerprint density at radius 2 is 1.59 bits per heavy atom. The van der Waals surface area contributed by atoms with E-state index in [-0.39, 0.29) is 11.7 Å². The third-order valence-corrected chi connectivity index (χ3v) is 5.17. The van der Waals surface area contributed by atoms with Gasteiger partial charge in [0.15, 0.2) is 11.0 Å². The molecule has 0 saturated heterocycles. The molecule has 0 aliphatic heterocycles. The lowest BCUT2D eigenvalue weighted by molar-refractivity contribution is -0.113. The predicted octanol–water partition coefficient (Wildman–Crippen LogP) is 3.24. The van der Waals surface area contributed by atoms with Gasteiger partial charge in [0.05, 0.1) is 27.1 Å². The van der Waals surface area contributed by atoms with Gasteiger partial charge in [0.25, 0.3) is 0 Å². The number of carbonyl (C=O) groups excluding carboxylic acids is 1. The summed E-state index contributed by atoms with van der Waals surface area (Å²) in [5.74, 6) is 2.71. The van der Waals surface area contributed by atoms with Crippen molar-refractivity contribution in [2.75, 3.05) is 32.4 Å². The van der Waals surface area contributed by atoms with E-state index < -0.39 is 0 Å². The van der Waals surface area contributed by atoms with Crippen LogP contribution in [-0.4, -0.2) is 47.8 Å². The fraction of sp³-hybridized carbons (Fsp3) is 0.250. The van der Waals surface area contributed by atoms with Crippen LogP contribution in [0, 0.1) is 0 Å². The summed E-state index contributed by atoms with van der Waals surface area (Å²) in [6.45, 7) is 0. The van der Waals surface area contributed by atoms with Crippen LogP contribution in [0.25, 0.3) is 11.4 Å². The van der Waals surface area contributed by atoms with Gasteiger partial charge in [0, 0.05) is 36.5 Å². The quantitative estimate of drug-likeness (QED) is 0.566. The number of hydrogen-bond donors (Lipinski definition) is 1. The SMILES string of the molecule is COc1ccc(-c2nnc(SCC(=O)Nc3cc(OC)cc(OC)c3)n2C)cc1. The van der Waals surface area contributed by atoms with Crippen LogP contribution in [0.1, 0.15) is 0 Å². The average molecular weight is 414 g/mol. The van der Waals surface area contributed by atoms with Gasteiger partial charge in [-0.15, -0.1) is 10.2 Å². The van der Waals surface area contributed by atoms with Crippen molar-refractivity contribution in [2.24, 2.45) is 7.05 Å². The van der Waals surface area contributed by atoms with E-state index in [9.17, 15) is 4.79 Å². The molecule has 0 fully saturated rings. The molecule has 0 saturated carbocycles. The number of anilines is 1. The van der Waals surface area contributed by atoms with Crippen LogP contribution in [-0.2, 0) is 11.8 Å². The number of aromatic nitrogens is 3. The minimum absolute atomic E-state index is 0.167. The van der Waals surface area contributed by atoms with Crippen LogP contribution in [0.2, 0.25) is 0 Å². The van der Waals surface area contributed by atoms with Gasteiger partial charge in [-0.3, -0.25) is 4.79 Å². The summed E-state index contributed by atoms with van der Waals surface area (Å²) in [5, 5.41) is 11.9. The number of thioether (sulfide) groups is 1. The van der Waals surface area contributed by atoms with Gasteiger partial charge in [0.1, 0.15) is 17.2 Å². The van der Waals surface area contributed by atoms with Crippen molar-refractivity contribution in [1.82, 2.24) is 14.8 Å². The van der Waals surface area contributed by atoms with Crippen molar-refractivity contribution < 1.29 is 19.0 Å². The maximum atomic E-state index is 12.4. The zero-order valence-corrected chi connectivity index (χ0v) is 17.4. The number of methoxy groups -OCH3 is 3. The van der Waals surface area contributed by atoms with Gasteiger partial charge in [-0.25, -0.2) is 0 Å². The van der Waals surface area contributed by atoms with E-state index in [0.717, 1.165) is 11.3 Å². The van der Waals surface area contributed by atoms with Gasteiger partial charge in [-0.1, -0.05) is 11.8 Å². The molecule has 0 atom stereocenters. The molecule has 0 aliphatic rings. The first-order chi connectivity index (χ1) is 14.0. The van der Waals surface area contributed by atoms with Crippen molar-refractivity contribution in [3.8, 4) is 28.6 Å². The highest BCUT2D eigenvalue weighted by atomic mass is 32.2. The Kier molecular flexibility index (Phi) is 6.61. The standard InChI is InChI=1S/C20H22N4O4S/c1-24-19(13-5-7-15(26-2)8-6-13)22-23-20(24)29-12-18(25)21-14-9-16(27-3)11-17(10-14)28-4/h5-11H,12H2,1-4H3,(H,21,25). The Morgan fingerprint density at radius 3 is 2.17 bits per heavy atom. The summed E-state index contributed by atoms with van der Waals surface area (Å²) in [5.41, 5.74) is 1.52. The molecule has 1 N–H and O–H groups in total. The van der Waals surface area contributed by atoms with Crippen LogP contribution in [0.5, 0.6) is 17.2 Å². The smallest absolute Gasteiger partial charge is 0.234 e. The fourth-order valence-electron chi connectivity index (χ4n) is 2.64. The van der Waals surface area contributed by atoms with Crippen molar-refractivity contribution >= 4 is 23.4 Å². The topological polar surface area (TPSA) is 87.5 Å². The molecular weight excluding hydrogens is 392 g/mol. The number of ether oxygens (including phenoxy) is 3. The molecule has 8 nitrogen and oxygen atoms in total. The lowest BCUT2D eigenvalue weighted by Crippen LogP contribution is -2.14. The second kappa shape index (κ2) is 9.33. The largest absolute Gasteiger partial charge is 0.497 e. The number of carbonyl (C=O) groups is 1. The molecule has 1 amide bonds. The average Bonchev–Trinajstić information content (AvgIpc) is 3.12. The van der Waals surface area contributed by atoms with Crippen molar-refractivity contribution in [3.05, 3.63) is 42.5 Å². The first-order valence-corrected chi connectivity index (χ1v) is 9.72. The number of nitrogens with zero attached hydrogens (tertiary/aromatic N) is 3. The van der Waals surface area contributed by atoms with Crippen molar-refractivity contribution in [2.45, 2.75) is 5.16 Å². The minimum atomic E-state index is -0.167. The number of amides is 1. The molecule has 0 bridgehead atoms. The van der Waals surface area contributed by atoms with E-state index >= 15 is 0 Å². The lowest BCUT2D eigenvalue weighted by atomic mass is 10.2. The summed E-state index contributed by atoms with van der Waals surface area (Å²) >= 11 is 1.31. The van der Waals surface area contributed by atoms with Crippen LogP contribution in [0.15, 0.2) is 47.6 Å². The zero-order chi connectivity index (χ0) is 20.8. The Labute approximate surface area is 173 Å². The van der Waals surface area contributed by atoms with Crippen molar-refractivity contribution in [1.29, 1.82) is 0 Å². The first kappa shape index (κ1) is 20.5. The molecule has 2 aromatic carbocycles. The summed E-state index contributed by atoms with van der Waals surface area (Å²) in [6, 6.07) is 12.8. The Morgan fingerprint density at radius 1 is 0.966 bits per heavy atom. The summed E-state index contributed by atoms with van der Waals surface area (Å²) in [7, 11) is 6.61. The van der Waals surface area contributed by atoms with E-state index in [0.29, 0.717) is 28.2 Å². The number of hydrogen-bond acceptors (Lipinski definition) is 7. The third kappa shape index (κ3) is 5.00. The molecule has 0 unspecified atom stereocenters. The first-order valence-electron chi connectivity index (χ1n) is 8.73. The van der Waals surface area contributed by atoms with E-state index in [4.69, 9.17) is 14.2 Å². The Bertz CT molecular complexity index is 966. The molecule has 152 valence electrons. The second-order valence-corrected chi connectivity index (χ2v) is 6.97. The van der Waals surface area contributed by atoms with Crippen LogP contribution < -0.4 is 19.5 Å². The predicted molar refractivity (Wildman–Crippen MR) is 112 cm³/mol. The summed E-state index contributed by atoms with van der Waals surface area (Å²) < 4.78 is 17.5. The monoisotopic (exact) mass is 414 g/mol. The number of benzene rings is 2. The van der Waals surface area contributed by atoms with E-state index in [1.165, 1.54) is 11.8 Å². The van der Waals surface area contributed by atoms with E-state index in [2.05, 4.69) is 15.5 Å². The minimum Gasteiger partial charge on any atom is -0.497 e. The van der Waals surface area contributed by atoms with E-state index in [1.54, 1.807) is 39.5 Å². The molecule has 29 heavy (non-hydrogen) atoms. The molecule has 1 aromatic heterocycles. The third-order valence-electron chi connectivity index (χ3n) is 4.15. The van der Waals surface area contributed by atoms with Gasteiger partial charge >= 0.3 is 0 Å². The molecule has 9 heteroatoms. The highest BCUT2D eigenvalue weighted by Gasteiger charge is 2.14. The Hall–Kier alpha value is -3.20. The van der Waals surface area contributed by atoms with Gasteiger partial charge < -0.3 is 24.1 Å². The van der Waals surface area contributed by atoms with Crippen molar-refractivity contribution in [3.63, 3.8) is 0 Å². The normalized spacial score (nSPS) is 10.5. The molecule has 0 spiro atoms. The van der Waals surface area contributed by atoms with Crippen LogP contribution in [0.3, 0.4) is 0 Å². The summed E-state index contributed by atoms with van der Waals surface area (Å²) in [6.07, 6.45) is 0. The lowest BCUT2D eigenvalue weighted by Gasteiger charge is -2.10. The second-order valence-electron chi connectivity index (χ2n) is 6.03. The zero-order valence-electron chi connectivity index (χ0n) is 16.6. The van der Waals surface area contributed by atoms with E-state index in [1.807, 2.05) is 35.9 Å². The maximum Gasteiger partial charge on any atom is 0.234 e.